The van der Waals surface area contributed by atoms with Crippen molar-refractivity contribution >= 4 is 12.0 Å². The molecule has 2 atom stereocenters. The molecule has 6 nitrogen and oxygen atoms in total. The number of urea groups is 1. The standard InChI is InChI=1S/C12H14F2N2O4/c1-6(17)10(11(18)19)16-12(20)15-5-7-2-3-8(13)9(14)4-7/h2-4,6,10,17H,5H2,1H3,(H,18,19)(H2,15,16,20)/t6-,10+/m1/s1. The van der Waals surface area contributed by atoms with Gasteiger partial charge in [-0.2, -0.15) is 0 Å². The Hall–Kier alpha value is -2.22. The zero-order valence-corrected chi connectivity index (χ0v) is 10.6. The van der Waals surface area contributed by atoms with Crippen LogP contribution in [0.4, 0.5) is 13.6 Å². The number of amides is 2. The van der Waals surface area contributed by atoms with Gasteiger partial charge in [-0.3, -0.25) is 0 Å². The summed E-state index contributed by atoms with van der Waals surface area (Å²) in [7, 11) is 0. The molecule has 0 saturated carbocycles. The quantitative estimate of drug-likeness (QED) is 0.637. The first-order valence-electron chi connectivity index (χ1n) is 5.70. The molecule has 0 radical (unpaired) electrons. The van der Waals surface area contributed by atoms with Gasteiger partial charge in [0.15, 0.2) is 17.7 Å². The number of nitrogens with one attached hydrogen (secondary N) is 2. The van der Waals surface area contributed by atoms with Crippen LogP contribution in [0.5, 0.6) is 0 Å². The second-order valence-electron chi connectivity index (χ2n) is 4.13. The van der Waals surface area contributed by atoms with Crippen LogP contribution in [-0.2, 0) is 11.3 Å². The summed E-state index contributed by atoms with van der Waals surface area (Å²) < 4.78 is 25.6. The average molecular weight is 288 g/mol. The monoisotopic (exact) mass is 288 g/mol. The molecule has 1 aromatic rings. The number of aliphatic carboxylic acids is 1. The summed E-state index contributed by atoms with van der Waals surface area (Å²) in [5.74, 6) is -3.43. The molecule has 20 heavy (non-hydrogen) atoms. The Balaban J connectivity index is 2.54. The molecule has 4 N–H and O–H groups in total. The summed E-state index contributed by atoms with van der Waals surface area (Å²) in [6.07, 6.45) is -1.28. The zero-order chi connectivity index (χ0) is 15.3. The van der Waals surface area contributed by atoms with Crippen molar-refractivity contribution in [2.45, 2.75) is 25.6 Å². The Morgan fingerprint density at radius 3 is 2.45 bits per heavy atom. The minimum atomic E-state index is -1.46. The summed E-state index contributed by atoms with van der Waals surface area (Å²) in [6, 6.07) is 0.809. The number of aliphatic hydroxyl groups is 1. The second-order valence-corrected chi connectivity index (χ2v) is 4.13. The van der Waals surface area contributed by atoms with Crippen molar-refractivity contribution in [2.24, 2.45) is 0 Å². The fourth-order valence-electron chi connectivity index (χ4n) is 1.41. The number of halogens is 2. The van der Waals surface area contributed by atoms with Crippen molar-refractivity contribution in [3.63, 3.8) is 0 Å². The van der Waals surface area contributed by atoms with Gasteiger partial charge in [0, 0.05) is 6.54 Å². The Bertz CT molecular complexity index is 508. The Morgan fingerprint density at radius 1 is 1.30 bits per heavy atom. The third-order valence-corrected chi connectivity index (χ3v) is 2.47. The first kappa shape index (κ1) is 15.8. The number of carbonyl (C=O) groups excluding carboxylic acids is 1. The normalized spacial score (nSPS) is 13.4. The van der Waals surface area contributed by atoms with Crippen molar-refractivity contribution in [1.29, 1.82) is 0 Å². The summed E-state index contributed by atoms with van der Waals surface area (Å²) in [4.78, 5) is 22.2. The molecule has 0 fully saturated rings. The lowest BCUT2D eigenvalue weighted by Gasteiger charge is -2.17. The maximum absolute atomic E-state index is 12.9. The molecule has 0 heterocycles. The minimum Gasteiger partial charge on any atom is -0.480 e. The summed E-state index contributed by atoms with van der Waals surface area (Å²) in [6.45, 7) is 1.10. The van der Waals surface area contributed by atoms with Crippen molar-refractivity contribution < 1.29 is 28.6 Å². The van der Waals surface area contributed by atoms with Gasteiger partial charge >= 0.3 is 12.0 Å². The van der Waals surface area contributed by atoms with Gasteiger partial charge in [-0.15, -0.1) is 0 Å². The van der Waals surface area contributed by atoms with E-state index in [1.165, 1.54) is 13.0 Å². The number of benzene rings is 1. The van der Waals surface area contributed by atoms with E-state index in [0.29, 0.717) is 5.56 Å². The van der Waals surface area contributed by atoms with Gasteiger partial charge in [0.05, 0.1) is 6.10 Å². The minimum absolute atomic E-state index is 0.116. The summed E-state index contributed by atoms with van der Waals surface area (Å²) >= 11 is 0. The Labute approximate surface area is 113 Å². The van der Waals surface area contributed by atoms with E-state index in [-0.39, 0.29) is 6.54 Å². The highest BCUT2D eigenvalue weighted by Gasteiger charge is 2.24. The molecule has 0 aliphatic rings. The van der Waals surface area contributed by atoms with E-state index in [4.69, 9.17) is 10.2 Å². The number of rotatable bonds is 5. The van der Waals surface area contributed by atoms with Crippen molar-refractivity contribution in [3.8, 4) is 0 Å². The van der Waals surface area contributed by atoms with E-state index in [1.54, 1.807) is 0 Å². The third kappa shape index (κ3) is 4.47. The molecular formula is C12H14F2N2O4. The third-order valence-electron chi connectivity index (χ3n) is 2.47. The molecule has 1 aromatic carbocycles. The van der Waals surface area contributed by atoms with Crippen molar-refractivity contribution in [2.75, 3.05) is 0 Å². The van der Waals surface area contributed by atoms with E-state index in [0.717, 1.165) is 12.1 Å². The number of hydrogen-bond donors (Lipinski definition) is 4. The predicted octanol–water partition coefficient (Wildman–Crippen LogP) is 0.598. The first-order valence-corrected chi connectivity index (χ1v) is 5.70. The molecule has 0 saturated heterocycles. The zero-order valence-electron chi connectivity index (χ0n) is 10.6. The van der Waals surface area contributed by atoms with Crippen LogP contribution in [0.3, 0.4) is 0 Å². The molecule has 1 rings (SSSR count). The predicted molar refractivity (Wildman–Crippen MR) is 64.8 cm³/mol. The molecule has 0 bridgehead atoms. The van der Waals surface area contributed by atoms with Gasteiger partial charge < -0.3 is 20.8 Å². The van der Waals surface area contributed by atoms with E-state index >= 15 is 0 Å². The lowest BCUT2D eigenvalue weighted by molar-refractivity contribution is -0.141. The van der Waals surface area contributed by atoms with Crippen LogP contribution in [0, 0.1) is 11.6 Å². The van der Waals surface area contributed by atoms with Crippen molar-refractivity contribution in [1.82, 2.24) is 10.6 Å². The summed E-state index contributed by atoms with van der Waals surface area (Å²) in [5, 5.41) is 22.2. The highest BCUT2D eigenvalue weighted by atomic mass is 19.2. The van der Waals surface area contributed by atoms with Gasteiger partial charge in [-0.1, -0.05) is 6.07 Å². The molecule has 110 valence electrons. The maximum Gasteiger partial charge on any atom is 0.328 e. The highest BCUT2D eigenvalue weighted by Crippen LogP contribution is 2.08. The SMILES string of the molecule is C[C@@H](O)[C@H](NC(=O)NCc1ccc(F)c(F)c1)C(=O)O. The van der Waals surface area contributed by atoms with Gasteiger partial charge in [0.1, 0.15) is 0 Å². The average Bonchev–Trinajstić information content (AvgIpc) is 2.36. The van der Waals surface area contributed by atoms with E-state index in [2.05, 4.69) is 5.32 Å². The van der Waals surface area contributed by atoms with Gasteiger partial charge in [-0.25, -0.2) is 18.4 Å². The van der Waals surface area contributed by atoms with E-state index in [9.17, 15) is 18.4 Å². The maximum atomic E-state index is 12.9. The fraction of sp³-hybridized carbons (Fsp3) is 0.333. The number of aliphatic hydroxyl groups excluding tert-OH is 1. The Morgan fingerprint density at radius 2 is 1.95 bits per heavy atom. The van der Waals surface area contributed by atoms with Gasteiger partial charge in [0.25, 0.3) is 0 Å². The van der Waals surface area contributed by atoms with E-state index in [1.807, 2.05) is 5.32 Å². The van der Waals surface area contributed by atoms with Crippen LogP contribution in [0.2, 0.25) is 0 Å². The largest absolute Gasteiger partial charge is 0.480 e. The van der Waals surface area contributed by atoms with Gasteiger partial charge in [-0.05, 0) is 24.6 Å². The van der Waals surface area contributed by atoms with Crippen molar-refractivity contribution in [3.05, 3.63) is 35.4 Å². The first-order chi connectivity index (χ1) is 9.31. The Kier molecular flexibility index (Phi) is 5.39. The van der Waals surface area contributed by atoms with Crippen LogP contribution in [-0.4, -0.2) is 34.4 Å². The highest BCUT2D eigenvalue weighted by molar-refractivity contribution is 5.82. The lowest BCUT2D eigenvalue weighted by Crippen LogP contribution is -2.50. The number of carboxylic acid groups (broad SMARTS) is 1. The molecule has 0 aliphatic carbocycles. The molecule has 0 spiro atoms. The van der Waals surface area contributed by atoms with Crippen LogP contribution in [0.25, 0.3) is 0 Å². The fourth-order valence-corrected chi connectivity index (χ4v) is 1.41. The molecular weight excluding hydrogens is 274 g/mol. The number of hydrogen-bond acceptors (Lipinski definition) is 3. The van der Waals surface area contributed by atoms with Crippen LogP contribution >= 0.6 is 0 Å². The molecule has 2 amide bonds. The summed E-state index contributed by atoms with van der Waals surface area (Å²) in [5.41, 5.74) is 0.308. The molecule has 0 unspecified atom stereocenters. The molecule has 8 heteroatoms. The number of carbonyl (C=O) groups is 2. The smallest absolute Gasteiger partial charge is 0.328 e. The van der Waals surface area contributed by atoms with E-state index < -0.39 is 35.8 Å². The van der Waals surface area contributed by atoms with Crippen LogP contribution < -0.4 is 10.6 Å². The topological polar surface area (TPSA) is 98.7 Å². The molecule has 0 aromatic heterocycles. The number of carboxylic acids is 1. The lowest BCUT2D eigenvalue weighted by atomic mass is 10.2. The van der Waals surface area contributed by atoms with Gasteiger partial charge in [0.2, 0.25) is 0 Å². The second kappa shape index (κ2) is 6.80. The molecule has 0 aliphatic heterocycles. The van der Waals surface area contributed by atoms with Crippen LogP contribution in [0.1, 0.15) is 12.5 Å². The van der Waals surface area contributed by atoms with Crippen LogP contribution in [0.15, 0.2) is 18.2 Å².